The van der Waals surface area contributed by atoms with Crippen LogP contribution in [0.3, 0.4) is 0 Å². The van der Waals surface area contributed by atoms with Crippen LogP contribution in [0.4, 0.5) is 0 Å². The van der Waals surface area contributed by atoms with Crippen molar-refractivity contribution in [2.75, 3.05) is 39.6 Å². The molecule has 0 unspecified atom stereocenters. The molecule has 0 aromatic rings. The molecule has 1 aliphatic rings. The smallest absolute Gasteiger partial charge is 0.101 e. The molecule has 11 heavy (non-hydrogen) atoms. The molecule has 0 aromatic carbocycles. The van der Waals surface area contributed by atoms with Crippen LogP contribution in [0.2, 0.25) is 0 Å². The standard InChI is InChI=1S/C7H14O4/c8-7-5-10-3-1-9-2-4-11-6-7/h7-8H,1-6H2. The van der Waals surface area contributed by atoms with Gasteiger partial charge in [-0.25, -0.2) is 0 Å². The van der Waals surface area contributed by atoms with Crippen LogP contribution in [0.15, 0.2) is 0 Å². The molecule has 0 bridgehead atoms. The minimum absolute atomic E-state index is 0.337. The number of ether oxygens (including phenoxy) is 3. The normalized spacial score (nSPS) is 24.8. The Kier molecular flexibility index (Phi) is 4.45. The number of rotatable bonds is 0. The highest BCUT2D eigenvalue weighted by Crippen LogP contribution is 1.91. The van der Waals surface area contributed by atoms with Crippen LogP contribution >= 0.6 is 0 Å². The molecule has 1 fully saturated rings. The minimum atomic E-state index is -0.493. The van der Waals surface area contributed by atoms with Gasteiger partial charge in [0.2, 0.25) is 0 Å². The van der Waals surface area contributed by atoms with E-state index < -0.39 is 6.10 Å². The van der Waals surface area contributed by atoms with Crippen molar-refractivity contribution in [2.24, 2.45) is 0 Å². The van der Waals surface area contributed by atoms with E-state index in [0.29, 0.717) is 39.6 Å². The first-order valence-corrected chi connectivity index (χ1v) is 3.81. The van der Waals surface area contributed by atoms with Crippen LogP contribution in [-0.2, 0) is 14.2 Å². The van der Waals surface area contributed by atoms with Crippen molar-refractivity contribution < 1.29 is 19.3 Å². The zero-order valence-corrected chi connectivity index (χ0v) is 6.49. The molecule has 4 heteroatoms. The number of aliphatic hydroxyl groups is 1. The van der Waals surface area contributed by atoms with Crippen molar-refractivity contribution in [3.63, 3.8) is 0 Å². The molecule has 1 heterocycles. The molecule has 0 atom stereocenters. The molecule has 1 N–H and O–H groups in total. The highest BCUT2D eigenvalue weighted by Gasteiger charge is 2.05. The third kappa shape index (κ3) is 4.31. The van der Waals surface area contributed by atoms with Crippen LogP contribution < -0.4 is 0 Å². The van der Waals surface area contributed by atoms with Crippen molar-refractivity contribution in [1.29, 1.82) is 0 Å². The summed E-state index contributed by atoms with van der Waals surface area (Å²) in [7, 11) is 0. The molecular weight excluding hydrogens is 148 g/mol. The second-order valence-corrected chi connectivity index (χ2v) is 2.42. The maximum absolute atomic E-state index is 9.14. The van der Waals surface area contributed by atoms with E-state index in [1.54, 1.807) is 0 Å². The lowest BCUT2D eigenvalue weighted by Crippen LogP contribution is -2.25. The van der Waals surface area contributed by atoms with E-state index in [1.807, 2.05) is 0 Å². The molecule has 0 spiro atoms. The van der Waals surface area contributed by atoms with Gasteiger partial charge in [-0.05, 0) is 0 Å². The van der Waals surface area contributed by atoms with Gasteiger partial charge in [-0.1, -0.05) is 0 Å². The lowest BCUT2D eigenvalue weighted by atomic mass is 10.4. The largest absolute Gasteiger partial charge is 0.388 e. The van der Waals surface area contributed by atoms with Crippen LogP contribution in [0, 0.1) is 0 Å². The minimum Gasteiger partial charge on any atom is -0.388 e. The van der Waals surface area contributed by atoms with Crippen LogP contribution in [-0.4, -0.2) is 50.9 Å². The van der Waals surface area contributed by atoms with Crippen molar-refractivity contribution in [3.05, 3.63) is 0 Å². The number of aliphatic hydroxyl groups excluding tert-OH is 1. The predicted molar refractivity (Wildman–Crippen MR) is 38.5 cm³/mol. The molecule has 4 nitrogen and oxygen atoms in total. The molecule has 0 radical (unpaired) electrons. The monoisotopic (exact) mass is 162 g/mol. The van der Waals surface area contributed by atoms with Gasteiger partial charge in [0.1, 0.15) is 6.10 Å². The first-order valence-electron chi connectivity index (χ1n) is 3.81. The first-order chi connectivity index (χ1) is 5.39. The van der Waals surface area contributed by atoms with Gasteiger partial charge >= 0.3 is 0 Å². The Hall–Kier alpha value is -0.160. The molecule has 0 amide bonds. The summed E-state index contributed by atoms with van der Waals surface area (Å²) in [5.41, 5.74) is 0. The quantitative estimate of drug-likeness (QED) is 0.517. The van der Waals surface area contributed by atoms with Gasteiger partial charge in [0, 0.05) is 0 Å². The van der Waals surface area contributed by atoms with Crippen molar-refractivity contribution in [2.45, 2.75) is 6.10 Å². The molecule has 66 valence electrons. The Balaban J connectivity index is 2.12. The molecule has 1 rings (SSSR count). The Labute approximate surface area is 66.1 Å². The van der Waals surface area contributed by atoms with E-state index in [9.17, 15) is 0 Å². The highest BCUT2D eigenvalue weighted by atomic mass is 16.6. The van der Waals surface area contributed by atoms with Crippen molar-refractivity contribution in [1.82, 2.24) is 0 Å². The van der Waals surface area contributed by atoms with E-state index in [0.717, 1.165) is 0 Å². The van der Waals surface area contributed by atoms with Gasteiger partial charge in [-0.15, -0.1) is 0 Å². The van der Waals surface area contributed by atoms with Gasteiger partial charge in [0.05, 0.1) is 39.6 Å². The molecule has 1 saturated heterocycles. The van der Waals surface area contributed by atoms with E-state index in [2.05, 4.69) is 0 Å². The third-order valence-electron chi connectivity index (χ3n) is 1.36. The van der Waals surface area contributed by atoms with Gasteiger partial charge in [-0.2, -0.15) is 0 Å². The van der Waals surface area contributed by atoms with Gasteiger partial charge in [0.15, 0.2) is 0 Å². The SMILES string of the molecule is OC1COCCOCCOC1. The van der Waals surface area contributed by atoms with Crippen LogP contribution in [0.1, 0.15) is 0 Å². The molecule has 1 aliphatic heterocycles. The van der Waals surface area contributed by atoms with Crippen molar-refractivity contribution >= 4 is 0 Å². The Morgan fingerprint density at radius 3 is 1.82 bits per heavy atom. The Morgan fingerprint density at radius 2 is 1.27 bits per heavy atom. The average molecular weight is 162 g/mol. The summed E-state index contributed by atoms with van der Waals surface area (Å²) >= 11 is 0. The zero-order chi connectivity index (χ0) is 7.94. The predicted octanol–water partition coefficient (Wildman–Crippen LogP) is -0.589. The Morgan fingerprint density at radius 1 is 0.818 bits per heavy atom. The topological polar surface area (TPSA) is 47.9 Å². The summed E-state index contributed by atoms with van der Waals surface area (Å²) in [6.07, 6.45) is -0.493. The van der Waals surface area contributed by atoms with E-state index >= 15 is 0 Å². The fourth-order valence-corrected chi connectivity index (χ4v) is 0.825. The van der Waals surface area contributed by atoms with Gasteiger partial charge in [0.25, 0.3) is 0 Å². The summed E-state index contributed by atoms with van der Waals surface area (Å²) in [6, 6.07) is 0. The summed E-state index contributed by atoms with van der Waals surface area (Å²) in [4.78, 5) is 0. The fraction of sp³-hybridized carbons (Fsp3) is 1.00. The maximum Gasteiger partial charge on any atom is 0.101 e. The van der Waals surface area contributed by atoms with Gasteiger partial charge in [-0.3, -0.25) is 0 Å². The summed E-state index contributed by atoms with van der Waals surface area (Å²) in [6.45, 7) is 2.94. The summed E-state index contributed by atoms with van der Waals surface area (Å²) in [5, 5.41) is 9.14. The summed E-state index contributed by atoms with van der Waals surface area (Å²) in [5.74, 6) is 0. The summed E-state index contributed by atoms with van der Waals surface area (Å²) < 4.78 is 15.2. The fourth-order valence-electron chi connectivity index (χ4n) is 0.825. The van der Waals surface area contributed by atoms with Crippen LogP contribution in [0.5, 0.6) is 0 Å². The van der Waals surface area contributed by atoms with E-state index in [1.165, 1.54) is 0 Å². The molecular formula is C7H14O4. The van der Waals surface area contributed by atoms with Gasteiger partial charge < -0.3 is 19.3 Å². The average Bonchev–Trinajstić information content (AvgIpc) is 2.03. The third-order valence-corrected chi connectivity index (χ3v) is 1.36. The zero-order valence-electron chi connectivity index (χ0n) is 6.49. The highest BCUT2D eigenvalue weighted by molar-refractivity contribution is 4.52. The lowest BCUT2D eigenvalue weighted by molar-refractivity contribution is -0.0627. The number of hydrogen-bond acceptors (Lipinski definition) is 4. The Bertz CT molecular complexity index is 86.4. The first kappa shape index (κ1) is 8.93. The van der Waals surface area contributed by atoms with Crippen LogP contribution in [0.25, 0.3) is 0 Å². The van der Waals surface area contributed by atoms with Crippen molar-refractivity contribution in [3.8, 4) is 0 Å². The second-order valence-electron chi connectivity index (χ2n) is 2.42. The lowest BCUT2D eigenvalue weighted by Gasteiger charge is -2.14. The number of hydrogen-bond donors (Lipinski definition) is 1. The van der Waals surface area contributed by atoms with E-state index in [4.69, 9.17) is 19.3 Å². The van der Waals surface area contributed by atoms with E-state index in [-0.39, 0.29) is 0 Å². The maximum atomic E-state index is 9.14. The molecule has 0 aromatic heterocycles. The second kappa shape index (κ2) is 5.49. The molecule has 0 aliphatic carbocycles. The molecule has 0 saturated carbocycles.